The third kappa shape index (κ3) is 16.8. The lowest BCUT2D eigenvalue weighted by Crippen LogP contribution is -2.45. The minimum absolute atomic E-state index is 0.0217. The van der Waals surface area contributed by atoms with E-state index in [9.17, 15) is 28.8 Å². The number of rotatable bonds is 22. The van der Waals surface area contributed by atoms with E-state index >= 15 is 0 Å². The monoisotopic (exact) mass is 578 g/mol. The van der Waals surface area contributed by atoms with E-state index in [1.165, 1.54) is 6.92 Å². The summed E-state index contributed by atoms with van der Waals surface area (Å²) in [5.41, 5.74) is 7.03. The second-order valence-corrected chi connectivity index (χ2v) is 9.58. The Morgan fingerprint density at radius 3 is 2.17 bits per heavy atom. The molecule has 41 heavy (non-hydrogen) atoms. The Hall–Kier alpha value is -3.84. The van der Waals surface area contributed by atoms with E-state index < -0.39 is 35.8 Å². The van der Waals surface area contributed by atoms with Gasteiger partial charge in [-0.1, -0.05) is 17.7 Å². The van der Waals surface area contributed by atoms with Crippen LogP contribution in [0.4, 0.5) is 0 Å². The Morgan fingerprint density at radius 2 is 1.54 bits per heavy atom. The zero-order chi connectivity index (χ0) is 30.6. The number of primary amides is 1. The van der Waals surface area contributed by atoms with E-state index in [2.05, 4.69) is 16.0 Å². The van der Waals surface area contributed by atoms with Gasteiger partial charge in [-0.05, 0) is 51.2 Å². The lowest BCUT2D eigenvalue weighted by Gasteiger charge is -2.15. The average Bonchev–Trinajstić information content (AvgIpc) is 2.91. The van der Waals surface area contributed by atoms with Gasteiger partial charge >= 0.3 is 5.97 Å². The highest BCUT2D eigenvalue weighted by Gasteiger charge is 2.20. The zero-order valence-electron chi connectivity index (χ0n) is 23.7. The Balaban J connectivity index is 2.11. The van der Waals surface area contributed by atoms with E-state index in [4.69, 9.17) is 20.3 Å². The quantitative estimate of drug-likeness (QED) is 0.122. The molecule has 4 amide bonds. The highest BCUT2D eigenvalue weighted by atomic mass is 16.5. The van der Waals surface area contributed by atoms with Crippen molar-refractivity contribution >= 4 is 35.4 Å². The molecule has 13 nitrogen and oxygen atoms in total. The molecule has 0 spiro atoms. The van der Waals surface area contributed by atoms with Gasteiger partial charge in [0.05, 0.1) is 13.2 Å². The van der Waals surface area contributed by atoms with E-state index in [0.29, 0.717) is 37.8 Å². The fraction of sp³-hybridized carbons (Fsp3) is 0.571. The van der Waals surface area contributed by atoms with Crippen molar-refractivity contribution in [2.24, 2.45) is 5.73 Å². The summed E-state index contributed by atoms with van der Waals surface area (Å²) in [4.78, 5) is 69.9. The predicted molar refractivity (Wildman–Crippen MR) is 149 cm³/mol. The van der Waals surface area contributed by atoms with Crippen LogP contribution in [0.25, 0.3) is 0 Å². The molecule has 1 aromatic carbocycles. The molecule has 0 saturated carbocycles. The molecule has 0 aliphatic rings. The smallest absolute Gasteiger partial charge is 0.326 e. The summed E-state index contributed by atoms with van der Waals surface area (Å²) in [6.07, 6.45) is 2.20. The molecule has 0 saturated heterocycles. The Kier molecular flexibility index (Phi) is 17.2. The Morgan fingerprint density at radius 1 is 0.854 bits per heavy atom. The number of ketones is 1. The van der Waals surface area contributed by atoms with Crippen LogP contribution in [0.15, 0.2) is 24.3 Å². The first kappa shape index (κ1) is 35.2. The maximum Gasteiger partial charge on any atom is 0.326 e. The van der Waals surface area contributed by atoms with Crippen molar-refractivity contribution in [2.45, 2.75) is 70.9 Å². The number of amides is 4. The van der Waals surface area contributed by atoms with Gasteiger partial charge in [0, 0.05) is 38.5 Å². The summed E-state index contributed by atoms with van der Waals surface area (Å²) in [5.74, 6) is -3.12. The van der Waals surface area contributed by atoms with Gasteiger partial charge in [0.1, 0.15) is 24.5 Å². The molecule has 228 valence electrons. The van der Waals surface area contributed by atoms with Crippen molar-refractivity contribution in [1.82, 2.24) is 16.0 Å². The lowest BCUT2D eigenvalue weighted by atomic mass is 10.1. The summed E-state index contributed by atoms with van der Waals surface area (Å²) in [6.45, 7) is 3.90. The van der Waals surface area contributed by atoms with Gasteiger partial charge in [-0.2, -0.15) is 0 Å². The number of nitrogens with two attached hydrogens (primary N) is 1. The first-order valence-electron chi connectivity index (χ1n) is 13.6. The number of unbranched alkanes of at least 4 members (excludes halogenated alkanes) is 1. The number of hydrogen-bond donors (Lipinski definition) is 5. The molecule has 0 radical (unpaired) electrons. The number of carboxylic acid groups (broad SMARTS) is 1. The van der Waals surface area contributed by atoms with E-state index in [-0.39, 0.29) is 57.4 Å². The number of nitrogens with one attached hydrogen (secondary N) is 3. The Bertz CT molecular complexity index is 1010. The first-order chi connectivity index (χ1) is 19.5. The zero-order valence-corrected chi connectivity index (χ0v) is 23.7. The van der Waals surface area contributed by atoms with Crippen LogP contribution in [0, 0.1) is 6.92 Å². The standard InChI is InChI=1S/C28H42N4O9/c1-19-8-10-21(11-9-19)27(37)30-14-4-3-7-23(26(29)36)32-25(35)18-41-17-16-40-15-5-6-22(34)12-13-24(28(38)39)31-20(2)33/h8-11,23-24H,3-7,12-18H2,1-2H3,(H2,29,36)(H,30,37)(H,31,33)(H,32,35)(H,38,39). The van der Waals surface area contributed by atoms with Crippen LogP contribution in [0.3, 0.4) is 0 Å². The van der Waals surface area contributed by atoms with Gasteiger partial charge in [0.25, 0.3) is 5.91 Å². The van der Waals surface area contributed by atoms with Gasteiger partial charge in [-0.3, -0.25) is 24.0 Å². The second-order valence-electron chi connectivity index (χ2n) is 9.58. The fourth-order valence-corrected chi connectivity index (χ4v) is 3.69. The number of aliphatic carboxylic acids is 1. The maximum atomic E-state index is 12.1. The molecule has 0 aromatic heterocycles. The SMILES string of the molecule is CC(=O)NC(CCC(=O)CCCOCCOCC(=O)NC(CCCCNC(=O)c1ccc(C)cc1)C(N)=O)C(=O)O. The summed E-state index contributed by atoms with van der Waals surface area (Å²) < 4.78 is 10.6. The predicted octanol–water partition coefficient (Wildman–Crippen LogP) is 0.617. The molecule has 0 aliphatic carbocycles. The largest absolute Gasteiger partial charge is 0.480 e. The third-order valence-corrected chi connectivity index (χ3v) is 5.93. The van der Waals surface area contributed by atoms with Gasteiger partial charge in [0.2, 0.25) is 17.7 Å². The number of aryl methyl sites for hydroxylation is 1. The highest BCUT2D eigenvalue weighted by Crippen LogP contribution is 2.05. The van der Waals surface area contributed by atoms with Crippen LogP contribution in [0.1, 0.15) is 67.8 Å². The van der Waals surface area contributed by atoms with Crippen molar-refractivity contribution in [3.8, 4) is 0 Å². The van der Waals surface area contributed by atoms with Gasteiger partial charge in [-0.15, -0.1) is 0 Å². The minimum Gasteiger partial charge on any atom is -0.480 e. The summed E-state index contributed by atoms with van der Waals surface area (Å²) >= 11 is 0. The summed E-state index contributed by atoms with van der Waals surface area (Å²) in [6, 6.07) is 5.28. The van der Waals surface area contributed by atoms with Crippen molar-refractivity contribution in [2.75, 3.05) is 33.0 Å². The average molecular weight is 579 g/mol. The van der Waals surface area contributed by atoms with Crippen molar-refractivity contribution in [1.29, 1.82) is 0 Å². The van der Waals surface area contributed by atoms with Crippen LogP contribution in [0.2, 0.25) is 0 Å². The number of carboxylic acids is 1. The number of benzene rings is 1. The molecule has 1 aromatic rings. The van der Waals surface area contributed by atoms with Gasteiger partial charge in [0.15, 0.2) is 0 Å². The van der Waals surface area contributed by atoms with E-state index in [0.717, 1.165) is 5.56 Å². The van der Waals surface area contributed by atoms with Crippen LogP contribution in [-0.4, -0.2) is 85.5 Å². The number of ether oxygens (including phenoxy) is 2. The molecule has 2 unspecified atom stereocenters. The fourth-order valence-electron chi connectivity index (χ4n) is 3.69. The van der Waals surface area contributed by atoms with Crippen molar-refractivity contribution < 1.29 is 43.3 Å². The van der Waals surface area contributed by atoms with Crippen LogP contribution >= 0.6 is 0 Å². The lowest BCUT2D eigenvalue weighted by molar-refractivity contribution is -0.141. The van der Waals surface area contributed by atoms with Crippen LogP contribution in [-0.2, 0) is 33.4 Å². The second kappa shape index (κ2) is 20.1. The van der Waals surface area contributed by atoms with Crippen LogP contribution in [0.5, 0.6) is 0 Å². The maximum absolute atomic E-state index is 12.1. The number of carbonyl (C=O) groups is 6. The van der Waals surface area contributed by atoms with Crippen molar-refractivity contribution in [3.63, 3.8) is 0 Å². The first-order valence-corrected chi connectivity index (χ1v) is 13.6. The summed E-state index contributed by atoms with van der Waals surface area (Å²) in [7, 11) is 0. The molecular weight excluding hydrogens is 536 g/mol. The molecule has 6 N–H and O–H groups in total. The van der Waals surface area contributed by atoms with E-state index in [1.54, 1.807) is 12.1 Å². The molecule has 13 heteroatoms. The highest BCUT2D eigenvalue weighted by molar-refractivity contribution is 5.94. The normalized spacial score (nSPS) is 12.1. The molecule has 0 aliphatic heterocycles. The molecule has 2 atom stereocenters. The van der Waals surface area contributed by atoms with Gasteiger partial charge < -0.3 is 36.3 Å². The van der Waals surface area contributed by atoms with Gasteiger partial charge in [-0.25, -0.2) is 4.79 Å². The van der Waals surface area contributed by atoms with E-state index in [1.807, 2.05) is 19.1 Å². The topological polar surface area (TPSA) is 203 Å². The number of carbonyl (C=O) groups excluding carboxylic acids is 5. The summed E-state index contributed by atoms with van der Waals surface area (Å²) in [5, 5.41) is 16.7. The Labute approximate surface area is 239 Å². The van der Waals surface area contributed by atoms with Crippen LogP contribution < -0.4 is 21.7 Å². The number of hydrogen-bond acceptors (Lipinski definition) is 8. The molecular formula is C28H42N4O9. The van der Waals surface area contributed by atoms with Crippen molar-refractivity contribution in [3.05, 3.63) is 35.4 Å². The molecule has 0 bridgehead atoms. The number of Topliss-reactive ketones (excluding diaryl/α,β-unsaturated/α-hetero) is 1. The molecule has 0 fully saturated rings. The minimum atomic E-state index is -1.19. The third-order valence-electron chi connectivity index (χ3n) is 5.93. The molecule has 1 rings (SSSR count). The molecule has 0 heterocycles.